The van der Waals surface area contributed by atoms with Crippen LogP contribution >= 0.6 is 0 Å². The number of amides is 2. The number of rotatable bonds is 7. The van der Waals surface area contributed by atoms with Crippen LogP contribution in [-0.4, -0.2) is 91.9 Å². The van der Waals surface area contributed by atoms with Gasteiger partial charge in [0.1, 0.15) is 5.56 Å². The van der Waals surface area contributed by atoms with Crippen molar-refractivity contribution < 1.29 is 14.3 Å². The van der Waals surface area contributed by atoms with Gasteiger partial charge < -0.3 is 19.9 Å². The van der Waals surface area contributed by atoms with Crippen molar-refractivity contribution >= 4 is 17.5 Å². The molecule has 0 spiro atoms. The molecule has 9 nitrogen and oxygen atoms in total. The second-order valence-electron chi connectivity index (χ2n) is 7.56. The molecule has 1 saturated heterocycles. The normalized spacial score (nSPS) is 14.5. The van der Waals surface area contributed by atoms with Crippen LogP contribution < -0.4 is 15.0 Å². The van der Waals surface area contributed by atoms with E-state index in [1.165, 1.54) is 7.11 Å². The molecule has 2 aromatic rings. The minimum Gasteiger partial charge on any atom is -0.479 e. The number of carbonyl (C=O) groups is 2. The van der Waals surface area contributed by atoms with E-state index in [0.717, 1.165) is 25.3 Å². The van der Waals surface area contributed by atoms with Crippen LogP contribution in [0.5, 0.6) is 5.88 Å². The molecule has 162 valence electrons. The van der Waals surface area contributed by atoms with Crippen LogP contribution in [0, 0.1) is 0 Å². The van der Waals surface area contributed by atoms with Gasteiger partial charge in [0.05, 0.1) is 7.11 Å². The summed E-state index contributed by atoms with van der Waals surface area (Å²) in [5.74, 6) is 0.220. The number of hydrogen-bond donors (Lipinski definition) is 1. The van der Waals surface area contributed by atoms with Crippen molar-refractivity contribution in [2.45, 2.75) is 0 Å². The van der Waals surface area contributed by atoms with Crippen LogP contribution in [0.3, 0.4) is 0 Å². The van der Waals surface area contributed by atoms with Crippen molar-refractivity contribution in [3.8, 4) is 5.88 Å². The van der Waals surface area contributed by atoms with E-state index in [2.05, 4.69) is 15.3 Å². The predicted octanol–water partition coefficient (Wildman–Crippen LogP) is 0.683. The average Bonchev–Trinajstić information content (AvgIpc) is 3.14. The number of piperazine rings is 1. The summed E-state index contributed by atoms with van der Waals surface area (Å²) in [4.78, 5) is 31.1. The number of aromatic nitrogens is 2. The second-order valence-corrected chi connectivity index (χ2v) is 7.56. The van der Waals surface area contributed by atoms with E-state index in [4.69, 9.17) is 4.74 Å². The maximum Gasteiger partial charge on any atom is 0.261 e. The number of methoxy groups -OCH3 is 1. The van der Waals surface area contributed by atoms with Gasteiger partial charge in [-0.05, 0) is 24.3 Å². The van der Waals surface area contributed by atoms with Gasteiger partial charge in [-0.25, -0.2) is 0 Å². The molecule has 0 aliphatic carbocycles. The second kappa shape index (κ2) is 9.62. The Labute approximate surface area is 177 Å². The Morgan fingerprint density at radius 3 is 2.40 bits per heavy atom. The number of anilines is 1. The average molecular weight is 415 g/mol. The molecule has 0 saturated carbocycles. The molecule has 30 heavy (non-hydrogen) atoms. The molecule has 1 fully saturated rings. The van der Waals surface area contributed by atoms with Gasteiger partial charge in [-0.3, -0.25) is 19.2 Å². The fraction of sp³-hybridized carbons (Fsp3) is 0.476. The Bertz CT molecular complexity index is 869. The smallest absolute Gasteiger partial charge is 0.261 e. The number of nitrogens with zero attached hydrogens (tertiary/aromatic N) is 5. The molecule has 1 aromatic carbocycles. The largest absolute Gasteiger partial charge is 0.479 e. The predicted molar refractivity (Wildman–Crippen MR) is 115 cm³/mol. The molecule has 0 unspecified atom stereocenters. The minimum absolute atomic E-state index is 0.0610. The first-order valence-electron chi connectivity index (χ1n) is 10.0. The molecule has 2 heterocycles. The van der Waals surface area contributed by atoms with Gasteiger partial charge in [-0.15, -0.1) is 5.10 Å². The highest BCUT2D eigenvalue weighted by Gasteiger charge is 2.26. The molecule has 1 aliphatic heterocycles. The zero-order valence-electron chi connectivity index (χ0n) is 18.1. The summed E-state index contributed by atoms with van der Waals surface area (Å²) in [6, 6.07) is 7.54. The summed E-state index contributed by atoms with van der Waals surface area (Å²) >= 11 is 0. The van der Waals surface area contributed by atoms with E-state index in [0.29, 0.717) is 36.6 Å². The highest BCUT2D eigenvalue weighted by atomic mass is 16.5. The summed E-state index contributed by atoms with van der Waals surface area (Å²) in [6.45, 7) is 4.12. The third kappa shape index (κ3) is 5.10. The van der Waals surface area contributed by atoms with Crippen molar-refractivity contribution in [3.05, 3.63) is 41.6 Å². The third-order valence-corrected chi connectivity index (χ3v) is 5.24. The molecule has 1 aliphatic rings. The monoisotopic (exact) mass is 414 g/mol. The molecule has 9 heteroatoms. The van der Waals surface area contributed by atoms with Crippen LogP contribution in [0.1, 0.15) is 20.7 Å². The van der Waals surface area contributed by atoms with E-state index in [1.54, 1.807) is 17.9 Å². The summed E-state index contributed by atoms with van der Waals surface area (Å²) in [6.07, 6.45) is 1.69. The molecular weight excluding hydrogens is 384 g/mol. The fourth-order valence-electron chi connectivity index (χ4n) is 3.45. The maximum absolute atomic E-state index is 12.7. The van der Waals surface area contributed by atoms with E-state index in [9.17, 15) is 9.59 Å². The quantitative estimate of drug-likeness (QED) is 0.718. The van der Waals surface area contributed by atoms with Gasteiger partial charge in [0, 0.05) is 77.9 Å². The first-order chi connectivity index (χ1) is 14.4. The summed E-state index contributed by atoms with van der Waals surface area (Å²) in [7, 11) is 7.22. The van der Waals surface area contributed by atoms with E-state index in [-0.39, 0.29) is 11.8 Å². The lowest BCUT2D eigenvalue weighted by atomic mass is 10.2. The lowest BCUT2D eigenvalue weighted by Crippen LogP contribution is -2.50. The van der Waals surface area contributed by atoms with Gasteiger partial charge in [0.15, 0.2) is 0 Å². The third-order valence-electron chi connectivity index (χ3n) is 5.24. The Morgan fingerprint density at radius 1 is 1.13 bits per heavy atom. The fourth-order valence-corrected chi connectivity index (χ4v) is 3.45. The van der Waals surface area contributed by atoms with Crippen LogP contribution in [0.2, 0.25) is 0 Å². The Hall–Kier alpha value is -3.07. The topological polar surface area (TPSA) is 82.9 Å². The molecule has 0 radical (unpaired) electrons. The standard InChI is InChI=1S/C21H30N6O3/c1-24(2)17-7-5-16(6-8-17)19(28)22-9-10-26-11-13-27(14-12-26)21(29)18-15-25(3)23-20(18)30-4/h5-8,15H,9-14H2,1-4H3,(H,22,28). The molecule has 0 atom stereocenters. The van der Waals surface area contributed by atoms with Gasteiger partial charge in [-0.2, -0.15) is 0 Å². The SMILES string of the molecule is COc1nn(C)cc1C(=O)N1CCN(CCNC(=O)c2ccc(N(C)C)cc2)CC1. The first-order valence-corrected chi connectivity index (χ1v) is 10.0. The summed E-state index contributed by atoms with van der Waals surface area (Å²) < 4.78 is 6.78. The molecule has 2 amide bonds. The van der Waals surface area contributed by atoms with E-state index < -0.39 is 0 Å². The molecule has 1 aromatic heterocycles. The van der Waals surface area contributed by atoms with Crippen LogP contribution in [0.4, 0.5) is 5.69 Å². The first kappa shape index (κ1) is 21.6. The Morgan fingerprint density at radius 2 is 1.80 bits per heavy atom. The van der Waals surface area contributed by atoms with Crippen molar-refractivity contribution in [2.75, 3.05) is 65.4 Å². The maximum atomic E-state index is 12.7. The number of nitrogens with one attached hydrogen (secondary N) is 1. The van der Waals surface area contributed by atoms with Crippen LogP contribution in [0.25, 0.3) is 0 Å². The Balaban J connectivity index is 1.42. The lowest BCUT2D eigenvalue weighted by Gasteiger charge is -2.34. The zero-order chi connectivity index (χ0) is 21.7. The highest BCUT2D eigenvalue weighted by Crippen LogP contribution is 2.18. The van der Waals surface area contributed by atoms with Gasteiger partial charge in [-0.1, -0.05) is 0 Å². The lowest BCUT2D eigenvalue weighted by molar-refractivity contribution is 0.0635. The van der Waals surface area contributed by atoms with Crippen LogP contribution in [-0.2, 0) is 7.05 Å². The molecule has 1 N–H and O–H groups in total. The van der Waals surface area contributed by atoms with Crippen molar-refractivity contribution in [2.24, 2.45) is 7.05 Å². The highest BCUT2D eigenvalue weighted by molar-refractivity contribution is 5.96. The van der Waals surface area contributed by atoms with E-state index in [1.807, 2.05) is 48.2 Å². The van der Waals surface area contributed by atoms with Crippen molar-refractivity contribution in [1.29, 1.82) is 0 Å². The minimum atomic E-state index is -0.0715. The number of aryl methyl sites for hydroxylation is 1. The van der Waals surface area contributed by atoms with Crippen molar-refractivity contribution in [3.63, 3.8) is 0 Å². The number of carbonyl (C=O) groups excluding carboxylic acids is 2. The van der Waals surface area contributed by atoms with Gasteiger partial charge >= 0.3 is 0 Å². The number of benzene rings is 1. The summed E-state index contributed by atoms with van der Waals surface area (Å²) in [5, 5.41) is 7.12. The summed E-state index contributed by atoms with van der Waals surface area (Å²) in [5.41, 5.74) is 2.20. The zero-order valence-corrected chi connectivity index (χ0v) is 18.1. The van der Waals surface area contributed by atoms with Crippen molar-refractivity contribution in [1.82, 2.24) is 24.9 Å². The number of ether oxygens (including phenoxy) is 1. The number of hydrogen-bond acceptors (Lipinski definition) is 6. The van der Waals surface area contributed by atoms with E-state index >= 15 is 0 Å². The van der Waals surface area contributed by atoms with Gasteiger partial charge in [0.25, 0.3) is 11.8 Å². The van der Waals surface area contributed by atoms with Crippen LogP contribution in [0.15, 0.2) is 30.5 Å². The molecular formula is C21H30N6O3. The Kier molecular flexibility index (Phi) is 6.94. The van der Waals surface area contributed by atoms with Gasteiger partial charge in [0.2, 0.25) is 5.88 Å². The molecule has 0 bridgehead atoms. The molecule has 3 rings (SSSR count).